The molecule has 0 spiro atoms. The number of benzene rings is 1. The zero-order valence-corrected chi connectivity index (χ0v) is 10.5. The summed E-state index contributed by atoms with van der Waals surface area (Å²) in [7, 11) is 0. The zero-order valence-electron chi connectivity index (χ0n) is 10.5. The van der Waals surface area contributed by atoms with Crippen molar-refractivity contribution in [1.29, 1.82) is 0 Å². The highest BCUT2D eigenvalue weighted by Crippen LogP contribution is 2.43. The minimum absolute atomic E-state index is 0.0488. The molecule has 3 aliphatic heterocycles. The molecular weight excluding hydrogens is 229 g/mol. The summed E-state index contributed by atoms with van der Waals surface area (Å²) in [6.07, 6.45) is 2.40. The number of nitrogens with zero attached hydrogens (tertiary/aromatic N) is 2. The Bertz CT molecular complexity index is 488. The maximum absolute atomic E-state index is 14.3. The molecule has 96 valence electrons. The van der Waals surface area contributed by atoms with Gasteiger partial charge in [0, 0.05) is 38.8 Å². The van der Waals surface area contributed by atoms with Gasteiger partial charge in [0.05, 0.1) is 11.4 Å². The summed E-state index contributed by atoms with van der Waals surface area (Å²) in [5, 5.41) is 3.43. The first kappa shape index (κ1) is 10.6. The summed E-state index contributed by atoms with van der Waals surface area (Å²) in [6, 6.07) is 4.09. The minimum atomic E-state index is -0.0488. The van der Waals surface area contributed by atoms with E-state index < -0.39 is 0 Å². The Morgan fingerprint density at radius 2 is 2.17 bits per heavy atom. The minimum Gasteiger partial charge on any atom is -0.366 e. The maximum Gasteiger partial charge on any atom is 0.148 e. The van der Waals surface area contributed by atoms with E-state index in [1.165, 1.54) is 18.4 Å². The molecule has 1 N–H and O–H groups in total. The molecule has 3 aliphatic rings. The van der Waals surface area contributed by atoms with Crippen LogP contribution in [0.2, 0.25) is 0 Å². The molecule has 3 nitrogen and oxygen atoms in total. The molecule has 18 heavy (non-hydrogen) atoms. The van der Waals surface area contributed by atoms with Crippen LogP contribution < -0.4 is 15.1 Å². The van der Waals surface area contributed by atoms with Gasteiger partial charge in [-0.1, -0.05) is 6.07 Å². The largest absolute Gasteiger partial charge is 0.366 e. The second-order valence-corrected chi connectivity index (χ2v) is 5.52. The first-order chi connectivity index (χ1) is 8.84. The summed E-state index contributed by atoms with van der Waals surface area (Å²) >= 11 is 0. The number of anilines is 2. The second kappa shape index (κ2) is 3.85. The smallest absolute Gasteiger partial charge is 0.148 e. The molecule has 1 unspecified atom stereocenters. The van der Waals surface area contributed by atoms with Crippen molar-refractivity contribution in [2.45, 2.75) is 25.4 Å². The van der Waals surface area contributed by atoms with Crippen LogP contribution in [0.25, 0.3) is 0 Å². The zero-order chi connectivity index (χ0) is 12.1. The highest BCUT2D eigenvalue weighted by molar-refractivity contribution is 5.78. The topological polar surface area (TPSA) is 18.5 Å². The monoisotopic (exact) mass is 247 g/mol. The Hall–Kier alpha value is -1.29. The van der Waals surface area contributed by atoms with E-state index in [9.17, 15) is 4.39 Å². The summed E-state index contributed by atoms with van der Waals surface area (Å²) < 4.78 is 14.3. The third kappa shape index (κ3) is 1.38. The Morgan fingerprint density at radius 3 is 3.11 bits per heavy atom. The van der Waals surface area contributed by atoms with Crippen LogP contribution >= 0.6 is 0 Å². The first-order valence-corrected chi connectivity index (χ1v) is 6.88. The lowest BCUT2D eigenvalue weighted by Gasteiger charge is -2.41. The van der Waals surface area contributed by atoms with E-state index in [0.29, 0.717) is 6.04 Å². The van der Waals surface area contributed by atoms with Crippen molar-refractivity contribution in [2.75, 3.05) is 36.0 Å². The van der Waals surface area contributed by atoms with Crippen LogP contribution in [0.3, 0.4) is 0 Å². The van der Waals surface area contributed by atoms with Crippen molar-refractivity contribution in [3.8, 4) is 0 Å². The van der Waals surface area contributed by atoms with Crippen LogP contribution in [0.4, 0.5) is 15.8 Å². The number of fused-ring (bicyclic) bond motifs is 2. The van der Waals surface area contributed by atoms with Crippen LogP contribution in [0.1, 0.15) is 18.4 Å². The van der Waals surface area contributed by atoms with Gasteiger partial charge >= 0.3 is 0 Å². The fourth-order valence-corrected chi connectivity index (χ4v) is 3.67. The standard InChI is InChI=1S/C14H18FN3/c15-12-4-3-10-8-16-5-7-17-9-11-2-1-6-18(11)14(12)13(10)17/h3-4,11,16H,1-2,5-9H2. The van der Waals surface area contributed by atoms with Gasteiger partial charge in [-0.25, -0.2) is 4.39 Å². The summed E-state index contributed by atoms with van der Waals surface area (Å²) in [5.41, 5.74) is 3.26. The van der Waals surface area contributed by atoms with Crippen LogP contribution in [-0.2, 0) is 6.54 Å². The quantitative estimate of drug-likeness (QED) is 0.753. The normalized spacial score (nSPS) is 25.7. The summed E-state index contributed by atoms with van der Waals surface area (Å²) in [6.45, 7) is 4.91. The van der Waals surface area contributed by atoms with Crippen molar-refractivity contribution in [3.63, 3.8) is 0 Å². The van der Waals surface area contributed by atoms with E-state index in [1.54, 1.807) is 6.07 Å². The molecular formula is C14H18FN3. The molecule has 0 aromatic heterocycles. The van der Waals surface area contributed by atoms with Gasteiger partial charge in [0.2, 0.25) is 0 Å². The molecule has 1 atom stereocenters. The van der Waals surface area contributed by atoms with Crippen LogP contribution in [0.15, 0.2) is 12.1 Å². The molecule has 1 aromatic rings. The SMILES string of the molecule is Fc1ccc2c3c1N1CCCC1CN3CCNC2. The molecule has 4 heteroatoms. The molecule has 1 fully saturated rings. The van der Waals surface area contributed by atoms with E-state index in [4.69, 9.17) is 0 Å². The Balaban J connectivity index is 1.93. The molecule has 3 heterocycles. The lowest BCUT2D eigenvalue weighted by atomic mass is 10.0. The summed E-state index contributed by atoms with van der Waals surface area (Å²) in [4.78, 5) is 4.69. The predicted octanol–water partition coefficient (Wildman–Crippen LogP) is 1.72. The number of nitrogens with one attached hydrogen (secondary N) is 1. The number of halogens is 1. The van der Waals surface area contributed by atoms with Gasteiger partial charge in [0.15, 0.2) is 0 Å². The molecule has 0 bridgehead atoms. The predicted molar refractivity (Wildman–Crippen MR) is 70.7 cm³/mol. The lowest BCUT2D eigenvalue weighted by molar-refractivity contribution is 0.572. The average Bonchev–Trinajstić information content (AvgIpc) is 2.74. The van der Waals surface area contributed by atoms with Crippen molar-refractivity contribution in [2.24, 2.45) is 0 Å². The molecule has 1 saturated heterocycles. The van der Waals surface area contributed by atoms with Gasteiger partial charge in [-0.15, -0.1) is 0 Å². The third-order valence-corrected chi connectivity index (χ3v) is 4.47. The molecule has 0 aliphatic carbocycles. The molecule has 0 radical (unpaired) electrons. The Morgan fingerprint density at radius 1 is 1.22 bits per heavy atom. The van der Waals surface area contributed by atoms with Crippen molar-refractivity contribution in [3.05, 3.63) is 23.5 Å². The average molecular weight is 247 g/mol. The van der Waals surface area contributed by atoms with Crippen LogP contribution in [-0.4, -0.2) is 32.2 Å². The fraction of sp³-hybridized carbons (Fsp3) is 0.571. The van der Waals surface area contributed by atoms with E-state index in [1.807, 2.05) is 6.07 Å². The van der Waals surface area contributed by atoms with Gasteiger partial charge in [-0.05, 0) is 24.5 Å². The van der Waals surface area contributed by atoms with Gasteiger partial charge in [-0.2, -0.15) is 0 Å². The van der Waals surface area contributed by atoms with E-state index in [2.05, 4.69) is 15.1 Å². The second-order valence-electron chi connectivity index (χ2n) is 5.52. The molecule has 0 amide bonds. The molecule has 1 aromatic carbocycles. The van der Waals surface area contributed by atoms with E-state index in [-0.39, 0.29) is 5.82 Å². The van der Waals surface area contributed by atoms with Crippen molar-refractivity contribution in [1.82, 2.24) is 5.32 Å². The number of hydrogen-bond acceptors (Lipinski definition) is 3. The van der Waals surface area contributed by atoms with E-state index >= 15 is 0 Å². The Kier molecular flexibility index (Phi) is 2.27. The van der Waals surface area contributed by atoms with Crippen molar-refractivity contribution < 1.29 is 4.39 Å². The van der Waals surface area contributed by atoms with Crippen molar-refractivity contribution >= 4 is 11.4 Å². The van der Waals surface area contributed by atoms with E-state index in [0.717, 1.165) is 44.1 Å². The first-order valence-electron chi connectivity index (χ1n) is 6.88. The highest BCUT2D eigenvalue weighted by Gasteiger charge is 2.37. The fourth-order valence-electron chi connectivity index (χ4n) is 3.67. The van der Waals surface area contributed by atoms with Gasteiger partial charge in [-0.3, -0.25) is 0 Å². The van der Waals surface area contributed by atoms with Crippen LogP contribution in [0, 0.1) is 5.82 Å². The van der Waals surface area contributed by atoms with Gasteiger partial charge in [0.1, 0.15) is 5.82 Å². The third-order valence-electron chi connectivity index (χ3n) is 4.47. The molecule has 4 rings (SSSR count). The summed E-state index contributed by atoms with van der Waals surface area (Å²) in [5.74, 6) is -0.0488. The van der Waals surface area contributed by atoms with Gasteiger partial charge < -0.3 is 15.1 Å². The lowest BCUT2D eigenvalue weighted by Crippen LogP contribution is -2.47. The number of hydrogen-bond donors (Lipinski definition) is 1. The van der Waals surface area contributed by atoms with Crippen LogP contribution in [0.5, 0.6) is 0 Å². The highest BCUT2D eigenvalue weighted by atomic mass is 19.1. The van der Waals surface area contributed by atoms with Gasteiger partial charge in [0.25, 0.3) is 0 Å². The maximum atomic E-state index is 14.3. The molecule has 0 saturated carbocycles. The number of rotatable bonds is 0. The Labute approximate surface area is 107 Å².